The first kappa shape index (κ1) is 17.2. The zero-order chi connectivity index (χ0) is 17.4. The van der Waals surface area contributed by atoms with Gasteiger partial charge in [-0.15, -0.1) is 0 Å². The topological polar surface area (TPSA) is 124 Å². The average molecular weight is 341 g/mol. The lowest BCUT2D eigenvalue weighted by molar-refractivity contribution is -0.160. The second-order valence-electron chi connectivity index (χ2n) is 5.77. The van der Waals surface area contributed by atoms with Crippen molar-refractivity contribution in [2.75, 3.05) is 0 Å². The van der Waals surface area contributed by atoms with Crippen LogP contribution in [0.2, 0.25) is 5.02 Å². The minimum Gasteiger partial charge on any atom is -0.481 e. The Bertz CT molecular complexity index is 773. The third-order valence-corrected chi connectivity index (χ3v) is 4.72. The molecular weight excluding hydrogens is 324 g/mol. The molecule has 0 bridgehead atoms. The Morgan fingerprint density at radius 1 is 1.43 bits per heavy atom. The van der Waals surface area contributed by atoms with Crippen LogP contribution < -0.4 is 0 Å². The molecule has 0 amide bonds. The van der Waals surface area contributed by atoms with E-state index in [4.69, 9.17) is 11.6 Å². The normalized spacial score (nSPS) is 15.3. The molecule has 0 radical (unpaired) electrons. The number of nitrogens with one attached hydrogen (secondary N) is 1. The van der Waals surface area contributed by atoms with Crippen LogP contribution in [0.25, 0.3) is 10.9 Å². The maximum Gasteiger partial charge on any atom is 0.310 e. The molecule has 0 aliphatic heterocycles. The molecule has 2 rings (SSSR count). The largest absolute Gasteiger partial charge is 0.481 e. The number of halogens is 1. The molecular formula is C15H17ClN2O5. The summed E-state index contributed by atoms with van der Waals surface area (Å²) in [5.74, 6) is -3.54. The number of aromatic nitrogens is 2. The molecule has 0 saturated heterocycles. The summed E-state index contributed by atoms with van der Waals surface area (Å²) in [6.07, 6.45) is 1.42. The van der Waals surface area contributed by atoms with Gasteiger partial charge >= 0.3 is 11.9 Å². The minimum atomic E-state index is -1.55. The maximum absolute atomic E-state index is 11.7. The lowest BCUT2D eigenvalue weighted by Crippen LogP contribution is -2.40. The van der Waals surface area contributed by atoms with Gasteiger partial charge in [0.15, 0.2) is 0 Å². The van der Waals surface area contributed by atoms with Gasteiger partial charge in [0.1, 0.15) is 0 Å². The maximum atomic E-state index is 11.7. The van der Waals surface area contributed by atoms with E-state index < -0.39 is 23.3 Å². The molecule has 0 spiro atoms. The smallest absolute Gasteiger partial charge is 0.310 e. The molecule has 1 aromatic carbocycles. The zero-order valence-corrected chi connectivity index (χ0v) is 13.4. The average Bonchev–Trinajstić information content (AvgIpc) is 2.96. The summed E-state index contributed by atoms with van der Waals surface area (Å²) in [5.41, 5.74) is -0.0216. The Balaban J connectivity index is 2.59. The van der Waals surface area contributed by atoms with Crippen LogP contribution in [0.5, 0.6) is 0 Å². The number of hydrogen-bond donors (Lipinski definition) is 4. The van der Waals surface area contributed by atoms with Crippen molar-refractivity contribution in [1.82, 2.24) is 10.2 Å². The summed E-state index contributed by atoms with van der Waals surface area (Å²) >= 11 is 6.17. The third kappa shape index (κ3) is 2.89. The predicted molar refractivity (Wildman–Crippen MR) is 83.3 cm³/mol. The first-order chi connectivity index (χ1) is 10.7. The number of aliphatic hydroxyl groups excluding tert-OH is 1. The number of aliphatic hydroxyl groups is 1. The number of fused-ring (bicyclic) bond motifs is 1. The first-order valence-electron chi connectivity index (χ1n) is 6.92. The molecule has 0 fully saturated rings. The first-order valence-corrected chi connectivity index (χ1v) is 7.30. The predicted octanol–water partition coefficient (Wildman–Crippen LogP) is 2.06. The van der Waals surface area contributed by atoms with E-state index in [1.54, 1.807) is 6.07 Å². The van der Waals surface area contributed by atoms with Gasteiger partial charge in [0.05, 0.1) is 34.7 Å². The van der Waals surface area contributed by atoms with Gasteiger partial charge in [-0.3, -0.25) is 14.7 Å². The third-order valence-electron chi connectivity index (χ3n) is 4.42. The van der Waals surface area contributed by atoms with Crippen molar-refractivity contribution in [3.05, 3.63) is 28.4 Å². The number of carboxylic acids is 2. The van der Waals surface area contributed by atoms with Crippen LogP contribution in [0, 0.1) is 11.3 Å². The monoisotopic (exact) mass is 340 g/mol. The molecule has 7 nitrogen and oxygen atoms in total. The second-order valence-corrected chi connectivity index (χ2v) is 6.18. The molecule has 0 saturated carbocycles. The van der Waals surface area contributed by atoms with Crippen molar-refractivity contribution in [1.29, 1.82) is 0 Å². The SMILES string of the molecule is CC(C(=O)O)[C@](C)(Cc1cc(Cl)c2[nH]ncc2c1CO)C(=O)O. The summed E-state index contributed by atoms with van der Waals surface area (Å²) in [6.45, 7) is 2.40. The van der Waals surface area contributed by atoms with Crippen molar-refractivity contribution < 1.29 is 24.9 Å². The molecule has 2 aromatic rings. The van der Waals surface area contributed by atoms with E-state index in [9.17, 15) is 24.9 Å². The highest BCUT2D eigenvalue weighted by Gasteiger charge is 2.43. The Morgan fingerprint density at radius 3 is 2.61 bits per heavy atom. The van der Waals surface area contributed by atoms with E-state index in [0.717, 1.165) is 0 Å². The number of rotatable bonds is 6. The fourth-order valence-electron chi connectivity index (χ4n) is 2.61. The van der Waals surface area contributed by atoms with E-state index in [0.29, 0.717) is 27.1 Å². The summed E-state index contributed by atoms with van der Waals surface area (Å²) in [4.78, 5) is 23.0. The lowest BCUT2D eigenvalue weighted by atomic mass is 9.72. The van der Waals surface area contributed by atoms with Gasteiger partial charge in [-0.25, -0.2) is 0 Å². The van der Waals surface area contributed by atoms with Crippen LogP contribution in [0.15, 0.2) is 12.3 Å². The highest BCUT2D eigenvalue weighted by atomic mass is 35.5. The Labute approximate surface area is 136 Å². The van der Waals surface area contributed by atoms with Crippen LogP contribution in [-0.4, -0.2) is 37.5 Å². The molecule has 0 aliphatic rings. The van der Waals surface area contributed by atoms with Crippen LogP contribution in [0.1, 0.15) is 25.0 Å². The van der Waals surface area contributed by atoms with E-state index in [2.05, 4.69) is 10.2 Å². The summed E-state index contributed by atoms with van der Waals surface area (Å²) in [6, 6.07) is 1.55. The number of carbonyl (C=O) groups is 2. The van der Waals surface area contributed by atoms with Gasteiger partial charge in [-0.05, 0) is 30.5 Å². The second kappa shape index (κ2) is 6.17. The summed E-state index contributed by atoms with van der Waals surface area (Å²) in [5, 5.41) is 35.9. The number of H-pyrrole nitrogens is 1. The fourth-order valence-corrected chi connectivity index (χ4v) is 2.88. The van der Waals surface area contributed by atoms with Gasteiger partial charge in [0.25, 0.3) is 0 Å². The van der Waals surface area contributed by atoms with E-state index in [1.807, 2.05) is 0 Å². The summed E-state index contributed by atoms with van der Waals surface area (Å²) in [7, 11) is 0. The van der Waals surface area contributed by atoms with Crippen LogP contribution >= 0.6 is 11.6 Å². The Hall–Kier alpha value is -2.12. The standard InChI is InChI=1S/C15H17ClN2O5/c1-7(13(20)21)15(2,14(22)23)4-8-3-11(16)12-9(5-17-18-12)10(8)6-19/h3,5,7,19H,4,6H2,1-2H3,(H,17,18)(H,20,21)(H,22,23)/t7?,15-/m0/s1. The van der Waals surface area contributed by atoms with Gasteiger partial charge in [0, 0.05) is 5.39 Å². The number of nitrogens with zero attached hydrogens (tertiary/aromatic N) is 1. The van der Waals surface area contributed by atoms with Crippen molar-refractivity contribution in [3.63, 3.8) is 0 Å². The zero-order valence-electron chi connectivity index (χ0n) is 12.6. The van der Waals surface area contributed by atoms with Gasteiger partial charge < -0.3 is 15.3 Å². The summed E-state index contributed by atoms with van der Waals surface area (Å²) < 4.78 is 0. The molecule has 1 aromatic heterocycles. The Morgan fingerprint density at radius 2 is 2.09 bits per heavy atom. The van der Waals surface area contributed by atoms with E-state index in [1.165, 1.54) is 20.0 Å². The van der Waals surface area contributed by atoms with Crippen molar-refractivity contribution in [3.8, 4) is 0 Å². The number of carboxylic acid groups (broad SMARTS) is 2. The molecule has 4 N–H and O–H groups in total. The molecule has 2 atom stereocenters. The quantitative estimate of drug-likeness (QED) is 0.638. The number of benzene rings is 1. The highest BCUT2D eigenvalue weighted by molar-refractivity contribution is 6.35. The van der Waals surface area contributed by atoms with Crippen molar-refractivity contribution in [2.45, 2.75) is 26.9 Å². The van der Waals surface area contributed by atoms with Crippen molar-refractivity contribution >= 4 is 34.4 Å². The van der Waals surface area contributed by atoms with E-state index in [-0.39, 0.29) is 13.0 Å². The number of aromatic amines is 1. The molecule has 23 heavy (non-hydrogen) atoms. The fraction of sp³-hybridized carbons (Fsp3) is 0.400. The lowest BCUT2D eigenvalue weighted by Gasteiger charge is -2.29. The molecule has 1 heterocycles. The highest BCUT2D eigenvalue weighted by Crippen LogP contribution is 2.36. The Kier molecular flexibility index (Phi) is 4.63. The number of aliphatic carboxylic acids is 2. The van der Waals surface area contributed by atoms with Gasteiger partial charge in [-0.2, -0.15) is 5.10 Å². The molecule has 0 aliphatic carbocycles. The molecule has 1 unspecified atom stereocenters. The van der Waals surface area contributed by atoms with Crippen LogP contribution in [0.3, 0.4) is 0 Å². The molecule has 8 heteroatoms. The van der Waals surface area contributed by atoms with Crippen LogP contribution in [-0.2, 0) is 22.6 Å². The minimum absolute atomic E-state index is 0.0769. The van der Waals surface area contributed by atoms with Gasteiger partial charge in [0.2, 0.25) is 0 Å². The van der Waals surface area contributed by atoms with Crippen LogP contribution in [0.4, 0.5) is 0 Å². The van der Waals surface area contributed by atoms with E-state index >= 15 is 0 Å². The van der Waals surface area contributed by atoms with Crippen molar-refractivity contribution in [2.24, 2.45) is 11.3 Å². The number of hydrogen-bond acceptors (Lipinski definition) is 4. The molecule has 124 valence electrons. The van der Waals surface area contributed by atoms with Gasteiger partial charge in [-0.1, -0.05) is 18.5 Å².